The minimum atomic E-state index is -0.779. The standard InChI is InChI=1S/C14H21FN2O3/c1-14(2,7-4-8-18)10-16-9-11-5-3-6-12(13(11)15)17(19)20/h3,5-6,16,18H,4,7-10H2,1-2H3. The van der Waals surface area contributed by atoms with Gasteiger partial charge in [-0.2, -0.15) is 4.39 Å². The van der Waals surface area contributed by atoms with Crippen molar-refractivity contribution in [2.24, 2.45) is 5.41 Å². The first kappa shape index (κ1) is 16.5. The van der Waals surface area contributed by atoms with Gasteiger partial charge in [0.1, 0.15) is 0 Å². The van der Waals surface area contributed by atoms with Crippen LogP contribution in [-0.2, 0) is 6.54 Å². The molecule has 0 unspecified atom stereocenters. The van der Waals surface area contributed by atoms with Gasteiger partial charge in [0.05, 0.1) is 4.92 Å². The lowest BCUT2D eigenvalue weighted by molar-refractivity contribution is -0.387. The minimum Gasteiger partial charge on any atom is -0.396 e. The Morgan fingerprint density at radius 3 is 2.75 bits per heavy atom. The van der Waals surface area contributed by atoms with Crippen LogP contribution in [-0.4, -0.2) is 23.2 Å². The average Bonchev–Trinajstić information content (AvgIpc) is 2.38. The first-order chi connectivity index (χ1) is 9.37. The fraction of sp³-hybridized carbons (Fsp3) is 0.571. The summed E-state index contributed by atoms with van der Waals surface area (Å²) in [6.07, 6.45) is 1.58. The Labute approximate surface area is 118 Å². The molecule has 6 heteroatoms. The quantitative estimate of drug-likeness (QED) is 0.568. The average molecular weight is 284 g/mol. The molecule has 0 spiro atoms. The molecule has 112 valence electrons. The zero-order chi connectivity index (χ0) is 15.2. The van der Waals surface area contributed by atoms with Crippen LogP contribution in [0.4, 0.5) is 10.1 Å². The number of halogens is 1. The largest absolute Gasteiger partial charge is 0.396 e. The minimum absolute atomic E-state index is 0.0140. The lowest BCUT2D eigenvalue weighted by atomic mass is 9.88. The monoisotopic (exact) mass is 284 g/mol. The smallest absolute Gasteiger partial charge is 0.305 e. The number of nitro benzene ring substituents is 1. The summed E-state index contributed by atoms with van der Waals surface area (Å²) in [5, 5.41) is 22.6. The Morgan fingerprint density at radius 1 is 1.45 bits per heavy atom. The van der Waals surface area contributed by atoms with Crippen LogP contribution in [0.2, 0.25) is 0 Å². The third-order valence-electron chi connectivity index (χ3n) is 3.19. The van der Waals surface area contributed by atoms with Gasteiger partial charge in [-0.25, -0.2) is 0 Å². The highest BCUT2D eigenvalue weighted by molar-refractivity contribution is 5.36. The maximum Gasteiger partial charge on any atom is 0.305 e. The first-order valence-electron chi connectivity index (χ1n) is 6.61. The van der Waals surface area contributed by atoms with Crippen LogP contribution in [0.25, 0.3) is 0 Å². The van der Waals surface area contributed by atoms with Crippen molar-refractivity contribution in [2.75, 3.05) is 13.2 Å². The molecule has 0 aliphatic rings. The van der Waals surface area contributed by atoms with Gasteiger partial charge in [-0.15, -0.1) is 0 Å². The van der Waals surface area contributed by atoms with Crippen LogP contribution in [0, 0.1) is 21.3 Å². The van der Waals surface area contributed by atoms with Gasteiger partial charge in [-0.3, -0.25) is 10.1 Å². The van der Waals surface area contributed by atoms with E-state index in [0.29, 0.717) is 6.54 Å². The van der Waals surface area contributed by atoms with Crippen molar-refractivity contribution < 1.29 is 14.4 Å². The molecule has 2 N–H and O–H groups in total. The van der Waals surface area contributed by atoms with Gasteiger partial charge in [-0.1, -0.05) is 26.0 Å². The van der Waals surface area contributed by atoms with Gasteiger partial charge >= 0.3 is 5.69 Å². The van der Waals surface area contributed by atoms with Crippen LogP contribution < -0.4 is 5.32 Å². The molecule has 0 aliphatic carbocycles. The van der Waals surface area contributed by atoms with Crippen LogP contribution >= 0.6 is 0 Å². The molecule has 20 heavy (non-hydrogen) atoms. The normalized spacial score (nSPS) is 11.6. The molecule has 0 saturated heterocycles. The van der Waals surface area contributed by atoms with Gasteiger partial charge in [-0.05, 0) is 18.3 Å². The molecule has 0 atom stereocenters. The summed E-state index contributed by atoms with van der Waals surface area (Å²) in [6, 6.07) is 4.18. The molecule has 0 amide bonds. The predicted octanol–water partition coefficient (Wildman–Crippen LogP) is 2.62. The topological polar surface area (TPSA) is 75.4 Å². The van der Waals surface area contributed by atoms with Crippen molar-refractivity contribution in [3.8, 4) is 0 Å². The van der Waals surface area contributed by atoms with Crippen molar-refractivity contribution in [1.29, 1.82) is 0 Å². The Balaban J connectivity index is 2.58. The van der Waals surface area contributed by atoms with E-state index in [2.05, 4.69) is 19.2 Å². The van der Waals surface area contributed by atoms with E-state index in [1.807, 2.05) is 0 Å². The summed E-state index contributed by atoms with van der Waals surface area (Å²) in [7, 11) is 0. The van der Waals surface area contributed by atoms with E-state index in [0.717, 1.165) is 18.9 Å². The molecule has 0 fully saturated rings. The molecular weight excluding hydrogens is 263 g/mol. The van der Waals surface area contributed by atoms with Crippen molar-refractivity contribution in [1.82, 2.24) is 5.32 Å². The maximum atomic E-state index is 13.8. The molecule has 0 saturated carbocycles. The molecule has 5 nitrogen and oxygen atoms in total. The van der Waals surface area contributed by atoms with Gasteiger partial charge < -0.3 is 10.4 Å². The molecule has 0 aromatic heterocycles. The summed E-state index contributed by atoms with van der Waals surface area (Å²) in [4.78, 5) is 9.93. The second kappa shape index (κ2) is 7.31. The summed E-state index contributed by atoms with van der Waals surface area (Å²) >= 11 is 0. The highest BCUT2D eigenvalue weighted by atomic mass is 19.1. The number of hydrogen-bond donors (Lipinski definition) is 2. The molecule has 1 aromatic carbocycles. The van der Waals surface area contributed by atoms with Crippen LogP contribution in [0.5, 0.6) is 0 Å². The van der Waals surface area contributed by atoms with Gasteiger partial charge in [0.2, 0.25) is 5.82 Å². The Kier molecular flexibility index (Phi) is 6.04. The van der Waals surface area contributed by atoms with Crippen LogP contribution in [0.3, 0.4) is 0 Å². The molecule has 1 rings (SSSR count). The molecule has 0 heterocycles. The number of nitrogens with zero attached hydrogens (tertiary/aromatic N) is 1. The van der Waals surface area contributed by atoms with E-state index in [1.165, 1.54) is 12.1 Å². The predicted molar refractivity (Wildman–Crippen MR) is 74.9 cm³/mol. The number of benzene rings is 1. The SMILES string of the molecule is CC(C)(CCCO)CNCc1cccc([N+](=O)[O-])c1F. The number of nitrogens with one attached hydrogen (secondary N) is 1. The van der Waals surface area contributed by atoms with Crippen LogP contribution in [0.15, 0.2) is 18.2 Å². The second-order valence-corrected chi connectivity index (χ2v) is 5.60. The highest BCUT2D eigenvalue weighted by Gasteiger charge is 2.19. The van der Waals surface area contributed by atoms with Crippen molar-refractivity contribution in [2.45, 2.75) is 33.2 Å². The number of nitro groups is 1. The fourth-order valence-corrected chi connectivity index (χ4v) is 2.03. The van der Waals surface area contributed by atoms with Crippen molar-refractivity contribution in [3.05, 3.63) is 39.7 Å². The van der Waals surface area contributed by atoms with E-state index in [-0.39, 0.29) is 24.1 Å². The van der Waals surface area contributed by atoms with Gasteiger partial charge in [0.25, 0.3) is 0 Å². The third-order valence-corrected chi connectivity index (χ3v) is 3.19. The highest BCUT2D eigenvalue weighted by Crippen LogP contribution is 2.22. The lowest BCUT2D eigenvalue weighted by Crippen LogP contribution is -2.29. The lowest BCUT2D eigenvalue weighted by Gasteiger charge is -2.24. The van der Waals surface area contributed by atoms with Crippen molar-refractivity contribution in [3.63, 3.8) is 0 Å². The molecule has 0 bridgehead atoms. The Bertz CT molecular complexity index is 464. The number of hydrogen-bond acceptors (Lipinski definition) is 4. The zero-order valence-corrected chi connectivity index (χ0v) is 11.9. The number of rotatable bonds is 8. The Morgan fingerprint density at radius 2 is 2.15 bits per heavy atom. The van der Waals surface area contributed by atoms with E-state index in [1.54, 1.807) is 0 Å². The molecule has 0 radical (unpaired) electrons. The molecule has 0 aliphatic heterocycles. The number of aliphatic hydroxyl groups is 1. The van der Waals surface area contributed by atoms with E-state index < -0.39 is 16.4 Å². The number of aliphatic hydroxyl groups excluding tert-OH is 1. The zero-order valence-electron chi connectivity index (χ0n) is 11.9. The summed E-state index contributed by atoms with van der Waals surface area (Å²) in [6.45, 7) is 5.16. The third kappa shape index (κ3) is 4.86. The van der Waals surface area contributed by atoms with Crippen LogP contribution in [0.1, 0.15) is 32.3 Å². The van der Waals surface area contributed by atoms with Gasteiger partial charge in [0.15, 0.2) is 0 Å². The maximum absolute atomic E-state index is 13.8. The molecule has 1 aromatic rings. The fourth-order valence-electron chi connectivity index (χ4n) is 2.03. The van der Waals surface area contributed by atoms with E-state index in [4.69, 9.17) is 5.11 Å². The van der Waals surface area contributed by atoms with E-state index in [9.17, 15) is 14.5 Å². The Hall–Kier alpha value is -1.53. The van der Waals surface area contributed by atoms with E-state index >= 15 is 0 Å². The van der Waals surface area contributed by atoms with Crippen molar-refractivity contribution >= 4 is 5.69 Å². The summed E-state index contributed by atoms with van der Waals surface area (Å²) < 4.78 is 13.8. The molecular formula is C14H21FN2O3. The summed E-state index contributed by atoms with van der Waals surface area (Å²) in [5.74, 6) is -0.779. The first-order valence-corrected chi connectivity index (χ1v) is 6.61. The second-order valence-electron chi connectivity index (χ2n) is 5.60. The summed E-state index contributed by atoms with van der Waals surface area (Å²) in [5.41, 5.74) is -0.221. The van der Waals surface area contributed by atoms with Gasteiger partial charge in [0, 0.05) is 31.3 Å².